The van der Waals surface area contributed by atoms with E-state index in [1.54, 1.807) is 0 Å². The van der Waals surface area contributed by atoms with E-state index >= 15 is 0 Å². The summed E-state index contributed by atoms with van der Waals surface area (Å²) in [6, 6.07) is 7.96. The third-order valence-electron chi connectivity index (χ3n) is 6.19. The van der Waals surface area contributed by atoms with Crippen LogP contribution in [0, 0.1) is 11.8 Å². The van der Waals surface area contributed by atoms with Crippen LogP contribution in [0.2, 0.25) is 0 Å². The highest BCUT2D eigenvalue weighted by Crippen LogP contribution is 2.35. The molecule has 3 rings (SSSR count). The van der Waals surface area contributed by atoms with Crippen LogP contribution in [-0.4, -0.2) is 54.9 Å². The number of carbonyl (C=O) groups is 1. The summed E-state index contributed by atoms with van der Waals surface area (Å²) in [5.74, 6) is 2.81. The molecule has 148 valence electrons. The van der Waals surface area contributed by atoms with Crippen molar-refractivity contribution in [3.8, 4) is 0 Å². The van der Waals surface area contributed by atoms with Crippen molar-refractivity contribution < 1.29 is 4.79 Å². The number of hydrogen-bond acceptors (Lipinski definition) is 2. The summed E-state index contributed by atoms with van der Waals surface area (Å²) in [5.41, 5.74) is 1.93. The van der Waals surface area contributed by atoms with Gasteiger partial charge in [-0.15, -0.1) is 0 Å². The lowest BCUT2D eigenvalue weighted by Crippen LogP contribution is -2.39. The average Bonchev–Trinajstić information content (AvgIpc) is 3.13. The minimum Gasteiger partial charge on any atom is -0.352 e. The third-order valence-corrected chi connectivity index (χ3v) is 6.19. The Morgan fingerprint density at radius 2 is 1.70 bits per heavy atom. The Labute approximate surface area is 163 Å². The van der Waals surface area contributed by atoms with Gasteiger partial charge in [-0.25, -0.2) is 0 Å². The Bertz CT molecular complexity index is 637. The number of nitrogens with one attached hydrogen (secondary N) is 1. The fourth-order valence-electron chi connectivity index (χ4n) is 4.55. The van der Waals surface area contributed by atoms with Crippen LogP contribution in [0.5, 0.6) is 0 Å². The van der Waals surface area contributed by atoms with E-state index < -0.39 is 0 Å². The number of guanidine groups is 1. The number of nitrogens with zero attached hydrogens (tertiary/aromatic N) is 3. The number of amides is 1. The maximum atomic E-state index is 12.4. The SMILES string of the molecule is CCN(CC)C(=O)c1ccc(CNC(=NC)N2CC3CCCCC3C2)cc1. The molecule has 1 aliphatic heterocycles. The largest absolute Gasteiger partial charge is 0.352 e. The van der Waals surface area contributed by atoms with Gasteiger partial charge in [-0.1, -0.05) is 25.0 Å². The van der Waals surface area contributed by atoms with Crippen LogP contribution in [0.4, 0.5) is 0 Å². The molecule has 2 atom stereocenters. The molecular weight excluding hydrogens is 336 g/mol. The molecule has 2 fully saturated rings. The predicted molar refractivity (Wildman–Crippen MR) is 111 cm³/mol. The molecule has 0 aromatic heterocycles. The van der Waals surface area contributed by atoms with E-state index in [0.29, 0.717) is 0 Å². The van der Waals surface area contributed by atoms with E-state index in [1.807, 2.05) is 50.1 Å². The monoisotopic (exact) mass is 370 g/mol. The maximum absolute atomic E-state index is 12.4. The molecule has 1 amide bonds. The molecule has 1 heterocycles. The van der Waals surface area contributed by atoms with Gasteiger partial charge in [-0.2, -0.15) is 0 Å². The first kappa shape index (κ1) is 19.7. The highest BCUT2D eigenvalue weighted by Gasteiger charge is 2.35. The number of fused-ring (bicyclic) bond motifs is 1. The molecule has 27 heavy (non-hydrogen) atoms. The molecular formula is C22H34N4O. The van der Waals surface area contributed by atoms with Gasteiger partial charge in [0.2, 0.25) is 0 Å². The zero-order chi connectivity index (χ0) is 19.2. The summed E-state index contributed by atoms with van der Waals surface area (Å²) in [5, 5.41) is 3.51. The number of carbonyl (C=O) groups excluding carboxylic acids is 1. The van der Waals surface area contributed by atoms with Gasteiger partial charge in [-0.3, -0.25) is 9.79 Å². The number of likely N-dealkylation sites (tertiary alicyclic amines) is 1. The van der Waals surface area contributed by atoms with Crippen molar-refractivity contribution in [2.45, 2.75) is 46.1 Å². The number of benzene rings is 1. The zero-order valence-corrected chi connectivity index (χ0v) is 17.1. The van der Waals surface area contributed by atoms with Gasteiger partial charge in [0.25, 0.3) is 5.91 Å². The van der Waals surface area contributed by atoms with E-state index in [1.165, 1.54) is 31.2 Å². The van der Waals surface area contributed by atoms with E-state index in [2.05, 4.69) is 15.2 Å². The summed E-state index contributed by atoms with van der Waals surface area (Å²) < 4.78 is 0. The van der Waals surface area contributed by atoms with Gasteiger partial charge in [0.15, 0.2) is 5.96 Å². The zero-order valence-electron chi connectivity index (χ0n) is 17.1. The van der Waals surface area contributed by atoms with Crippen LogP contribution in [0.15, 0.2) is 29.3 Å². The van der Waals surface area contributed by atoms with E-state index in [0.717, 1.165) is 56.1 Å². The Morgan fingerprint density at radius 3 is 2.22 bits per heavy atom. The summed E-state index contributed by atoms with van der Waals surface area (Å²) in [4.78, 5) is 21.2. The van der Waals surface area contributed by atoms with Crippen molar-refractivity contribution >= 4 is 11.9 Å². The number of hydrogen-bond donors (Lipinski definition) is 1. The molecule has 5 heteroatoms. The van der Waals surface area contributed by atoms with Crippen molar-refractivity contribution in [2.75, 3.05) is 33.2 Å². The van der Waals surface area contributed by atoms with Crippen LogP contribution in [-0.2, 0) is 6.54 Å². The summed E-state index contributed by atoms with van der Waals surface area (Å²) in [6.07, 6.45) is 5.53. The van der Waals surface area contributed by atoms with Gasteiger partial charge < -0.3 is 15.1 Å². The molecule has 0 bridgehead atoms. The van der Waals surface area contributed by atoms with Gasteiger partial charge in [0.05, 0.1) is 0 Å². The van der Waals surface area contributed by atoms with Crippen molar-refractivity contribution in [2.24, 2.45) is 16.8 Å². The lowest BCUT2D eigenvalue weighted by Gasteiger charge is -2.22. The standard InChI is InChI=1S/C22H34N4O/c1-4-25(5-2)21(27)18-12-10-17(11-13-18)14-24-22(23-3)26-15-19-8-6-7-9-20(19)16-26/h10-13,19-20H,4-9,14-16H2,1-3H3,(H,23,24). The van der Waals surface area contributed by atoms with Crippen LogP contribution < -0.4 is 5.32 Å². The second kappa shape index (κ2) is 9.25. The molecule has 0 radical (unpaired) electrons. The molecule has 0 spiro atoms. The predicted octanol–water partition coefficient (Wildman–Crippen LogP) is 3.37. The second-order valence-electron chi connectivity index (χ2n) is 7.78. The quantitative estimate of drug-likeness (QED) is 0.639. The smallest absolute Gasteiger partial charge is 0.253 e. The molecule has 2 unspecified atom stereocenters. The van der Waals surface area contributed by atoms with Crippen molar-refractivity contribution in [3.05, 3.63) is 35.4 Å². The highest BCUT2D eigenvalue weighted by molar-refractivity contribution is 5.94. The Hall–Kier alpha value is -2.04. The lowest BCUT2D eigenvalue weighted by atomic mass is 9.82. The lowest BCUT2D eigenvalue weighted by molar-refractivity contribution is 0.0773. The normalized spacial score (nSPS) is 22.5. The van der Waals surface area contributed by atoms with Crippen molar-refractivity contribution in [1.29, 1.82) is 0 Å². The van der Waals surface area contributed by atoms with E-state index in [9.17, 15) is 4.79 Å². The van der Waals surface area contributed by atoms with Crippen LogP contribution in [0.25, 0.3) is 0 Å². The van der Waals surface area contributed by atoms with E-state index in [-0.39, 0.29) is 5.91 Å². The highest BCUT2D eigenvalue weighted by atomic mass is 16.2. The molecule has 1 aromatic carbocycles. The minimum absolute atomic E-state index is 0.106. The van der Waals surface area contributed by atoms with Gasteiger partial charge in [0.1, 0.15) is 0 Å². The summed E-state index contributed by atoms with van der Waals surface area (Å²) >= 11 is 0. The molecule has 1 aromatic rings. The van der Waals surface area contributed by atoms with Gasteiger partial charge in [0, 0.05) is 45.3 Å². The van der Waals surface area contributed by atoms with Crippen molar-refractivity contribution in [1.82, 2.24) is 15.1 Å². The minimum atomic E-state index is 0.106. The molecule has 5 nitrogen and oxygen atoms in total. The molecule has 2 aliphatic rings. The second-order valence-corrected chi connectivity index (χ2v) is 7.78. The van der Waals surface area contributed by atoms with Gasteiger partial charge >= 0.3 is 0 Å². The Kier molecular flexibility index (Phi) is 6.75. The molecule has 1 saturated carbocycles. The van der Waals surface area contributed by atoms with Crippen LogP contribution >= 0.6 is 0 Å². The maximum Gasteiger partial charge on any atom is 0.253 e. The van der Waals surface area contributed by atoms with E-state index in [4.69, 9.17) is 0 Å². The first-order chi connectivity index (χ1) is 13.2. The number of rotatable bonds is 5. The fraction of sp³-hybridized carbons (Fsp3) is 0.636. The Balaban J connectivity index is 1.55. The first-order valence-electron chi connectivity index (χ1n) is 10.5. The fourth-order valence-corrected chi connectivity index (χ4v) is 4.55. The Morgan fingerprint density at radius 1 is 1.11 bits per heavy atom. The van der Waals surface area contributed by atoms with Crippen LogP contribution in [0.1, 0.15) is 55.5 Å². The third kappa shape index (κ3) is 4.63. The summed E-state index contributed by atoms with van der Waals surface area (Å²) in [7, 11) is 1.87. The average molecular weight is 371 g/mol. The van der Waals surface area contributed by atoms with Gasteiger partial charge in [-0.05, 0) is 56.2 Å². The molecule has 1 saturated heterocycles. The van der Waals surface area contributed by atoms with Crippen LogP contribution in [0.3, 0.4) is 0 Å². The molecule has 1 N–H and O–H groups in total. The topological polar surface area (TPSA) is 47.9 Å². The first-order valence-corrected chi connectivity index (χ1v) is 10.5. The number of aliphatic imine (C=N–C) groups is 1. The van der Waals surface area contributed by atoms with Crippen molar-refractivity contribution in [3.63, 3.8) is 0 Å². The summed E-state index contributed by atoms with van der Waals surface area (Å²) in [6.45, 7) is 8.53. The molecule has 1 aliphatic carbocycles.